The number of carbonyl (C=O) groups excluding carboxylic acids is 17. The fraction of sp³-hybridized carbons (Fsp3) is 0.511. The Morgan fingerprint density at radius 1 is 0.541 bits per heavy atom. The third kappa shape index (κ3) is 29.4. The number of thioether (sulfide) groups is 1. The van der Waals surface area contributed by atoms with E-state index in [2.05, 4.69) is 78.1 Å². The third-order valence-electron chi connectivity index (χ3n) is 24.2. The highest BCUT2D eigenvalue weighted by Crippen LogP contribution is 2.28. The van der Waals surface area contributed by atoms with Crippen molar-refractivity contribution < 1.29 is 86.6 Å². The largest absolute Gasteiger partial charge is 0.394 e. The molecule has 9 rings (SSSR count). The number of H-pyrrole nitrogens is 4. The van der Waals surface area contributed by atoms with E-state index in [0.717, 1.165) is 31.4 Å². The Morgan fingerprint density at radius 3 is 1.63 bits per heavy atom. The van der Waals surface area contributed by atoms with Gasteiger partial charge in [-0.05, 0) is 99.1 Å². The monoisotopic (exact) mass is 1890 g/mol. The van der Waals surface area contributed by atoms with Crippen molar-refractivity contribution >= 4 is 151 Å². The van der Waals surface area contributed by atoms with Crippen LogP contribution in [0.2, 0.25) is 0 Å². The number of para-hydroxylation sites is 3. The van der Waals surface area contributed by atoms with E-state index in [0.29, 0.717) is 80.8 Å². The van der Waals surface area contributed by atoms with Crippen molar-refractivity contribution in [2.45, 2.75) is 216 Å². The molecule has 3 aromatic carbocycles. The first kappa shape index (κ1) is 105. The number of nitrogens with one attached hydrogen (secondary N) is 15. The van der Waals surface area contributed by atoms with E-state index in [1.165, 1.54) is 52.5 Å². The van der Waals surface area contributed by atoms with Crippen LogP contribution in [0.5, 0.6) is 0 Å². The zero-order valence-corrected chi connectivity index (χ0v) is 78.4. The van der Waals surface area contributed by atoms with Gasteiger partial charge in [0, 0.05) is 142 Å². The van der Waals surface area contributed by atoms with Gasteiger partial charge in [-0.3, -0.25) is 86.9 Å². The number of likely N-dealkylation sites (N-methyl/N-ethyl adjacent to an activating group) is 4. The molecule has 730 valence electrons. The number of nitrogens with two attached hydrogens (primary N) is 3. The number of aliphatic hydroxyl groups is 1. The molecular weight excluding hydrogens is 1760 g/mol. The molecule has 0 aliphatic carbocycles. The van der Waals surface area contributed by atoms with E-state index < -0.39 is 229 Å². The molecule has 13 atom stereocenters. The Labute approximate surface area is 785 Å². The van der Waals surface area contributed by atoms with Crippen LogP contribution in [0.4, 0.5) is 0 Å². The summed E-state index contributed by atoms with van der Waals surface area (Å²) in [5, 5.41) is 47.7. The number of Topliss-reactive ketones (excluding diaryl/α,β-unsaturated/α-hetero) is 1. The molecule has 6 heterocycles. The van der Waals surface area contributed by atoms with Gasteiger partial charge in [-0.15, -0.1) is 11.8 Å². The number of carbonyl (C=O) groups is 17. The number of unbranched alkanes of at least 4 members (excludes halogenated alkanes) is 2. The van der Waals surface area contributed by atoms with Gasteiger partial charge >= 0.3 is 0 Å². The van der Waals surface area contributed by atoms with Gasteiger partial charge in [0.15, 0.2) is 11.7 Å². The first-order valence-electron chi connectivity index (χ1n) is 45.4. The summed E-state index contributed by atoms with van der Waals surface area (Å²) in [6.45, 7) is 6.10. The molecule has 4 aromatic heterocycles. The van der Waals surface area contributed by atoms with Gasteiger partial charge in [0.25, 0.3) is 0 Å². The average molecular weight is 1890 g/mol. The number of amides is 16. The summed E-state index contributed by atoms with van der Waals surface area (Å²) in [5.74, 6) is -18.0. The molecule has 0 spiro atoms. The molecule has 42 nitrogen and oxygen atoms in total. The van der Waals surface area contributed by atoms with Crippen molar-refractivity contribution in [3.8, 4) is 0 Å². The quantitative estimate of drug-likeness (QED) is 0.0183. The summed E-state index contributed by atoms with van der Waals surface area (Å²) in [6.07, 6.45) is 7.24. The smallest absolute Gasteiger partial charge is 0.246 e. The molecule has 135 heavy (non-hydrogen) atoms. The Morgan fingerprint density at radius 2 is 1.07 bits per heavy atom. The highest BCUT2D eigenvalue weighted by molar-refractivity contribution is 8.00. The average Bonchev–Trinajstić information content (AvgIpc) is 1.77. The maximum Gasteiger partial charge on any atom is 0.246 e. The van der Waals surface area contributed by atoms with Gasteiger partial charge in [0.2, 0.25) is 94.5 Å². The van der Waals surface area contributed by atoms with Crippen LogP contribution in [0.1, 0.15) is 140 Å². The number of nitrogens with zero attached hydrogens (tertiary/aromatic N) is 6. The molecule has 0 unspecified atom stereocenters. The number of benzene rings is 3. The van der Waals surface area contributed by atoms with E-state index in [1.807, 2.05) is 13.8 Å². The number of fused-ring (bicyclic) bond motifs is 4. The molecule has 2 saturated heterocycles. The number of primary amides is 2. The molecule has 2 aliphatic heterocycles. The van der Waals surface area contributed by atoms with Gasteiger partial charge in [0.1, 0.15) is 72.5 Å². The number of aromatic nitrogens is 5. The van der Waals surface area contributed by atoms with Crippen LogP contribution in [0.15, 0.2) is 104 Å². The first-order valence-corrected chi connectivity index (χ1v) is 46.6. The Balaban J connectivity index is 1.09. The Hall–Kier alpha value is -13.7. The van der Waals surface area contributed by atoms with E-state index >= 15 is 33.6 Å². The maximum absolute atomic E-state index is 15.7. The second-order valence-electron chi connectivity index (χ2n) is 34.8. The number of hydrogen-bond acceptors (Lipinski definition) is 21. The molecule has 43 heteroatoms. The predicted molar refractivity (Wildman–Crippen MR) is 503 cm³/mol. The summed E-state index contributed by atoms with van der Waals surface area (Å²) >= 11 is 0.795. The topological polar surface area (TPSA) is 625 Å². The summed E-state index contributed by atoms with van der Waals surface area (Å²) in [5.41, 5.74) is 20.9. The second kappa shape index (κ2) is 50.4. The van der Waals surface area contributed by atoms with Gasteiger partial charge in [-0.2, -0.15) is 0 Å². The fourth-order valence-corrected chi connectivity index (χ4v) is 17.6. The molecule has 0 saturated carbocycles. The minimum atomic E-state index is -1.81. The van der Waals surface area contributed by atoms with Crippen molar-refractivity contribution in [3.05, 3.63) is 126 Å². The van der Waals surface area contributed by atoms with Crippen LogP contribution in [0.25, 0.3) is 32.7 Å². The normalized spacial score (nSPS) is 23.4. The standard InChI is InChI=1S/C92H128N24O18S/c1-10-12-29-73-85(128)105-65(28-20-32-98-92(95)96)82(125)111-72(81(124)102-45-77(94)120)48-135-49-78(121)104-68(37-55-42-100-63-26-18-15-23-60(55)63)88(131)113(7)52(5)79(122)107-70(40-76(93)119)90(133)116-33-21-31-74(116)86(129)106-66(39-57-44-97-50-103-57)83(126)108-67(34-51(3)4)87(130)112(6)46-58(118)36-53(35-54-41-99-62-25-17-14-22-59(54)62)80(123)110-71(47-117)84(127)109-69(38-56-43-101-64-27-19-16-24-61(56)64)89(132)115(9)75(30-13-11-2)91(134)114(73)8/h14-19,22-27,41-44,50-53,65-75,99-101,117H,10-13,20-21,28-40,45-49H2,1-9H3,(H2,93,119)(H2,94,120)(H,97,103)(H,102,124)(H,104,121)(H,105,128)(H,106,129)(H,107,122)(H,108,126)(H,109,127)(H,110,123)(H,111,125)(H4,95,96,98)/t52-,53+,65-,66-,67-,68-,69-,70-,71-,72+,73-,74-,75-/m0/s1. The summed E-state index contributed by atoms with van der Waals surface area (Å²) in [4.78, 5) is 272. The number of aliphatic hydroxyl groups excluding tert-OH is 1. The molecule has 2 aliphatic rings. The highest BCUT2D eigenvalue weighted by Gasteiger charge is 2.44. The molecule has 0 bridgehead atoms. The SMILES string of the molecule is CCCC[C@H]1C(=O)N(C)[C@@H](CCCC)C(=O)N[C@@H](CCCNC(=N)N)C(=O)N[C@@H](C(=O)NCC(N)=O)CSCC(=O)N[C@@H](Cc2c[nH]c3ccccc23)C(=O)N(C)[C@@H](C)C(=O)N[C@@H](CC(N)=O)C(=O)N2CCC[C@H]2C(=O)N[C@@H](Cc2cnc[nH]2)C(=O)N[C@@H](CC(C)C)C(=O)N(C)CC(=O)C[C@@H](Cc2c[nH]c3ccccc23)C(=O)N[C@@H](CO)C(=O)N[C@@H](Cc2c[nH]c3ccccc23)C(=O)N1C. The van der Waals surface area contributed by atoms with Gasteiger partial charge in [-0.1, -0.05) is 108 Å². The predicted octanol–water partition coefficient (Wildman–Crippen LogP) is -0.566. The van der Waals surface area contributed by atoms with E-state index in [1.54, 1.807) is 105 Å². The Kier molecular flexibility index (Phi) is 39.2. The van der Waals surface area contributed by atoms with Crippen molar-refractivity contribution in [2.24, 2.45) is 29.0 Å². The fourth-order valence-electron chi connectivity index (χ4n) is 16.7. The van der Waals surface area contributed by atoms with Crippen LogP contribution >= 0.6 is 11.8 Å². The minimum Gasteiger partial charge on any atom is -0.394 e. The zero-order chi connectivity index (χ0) is 98.4. The van der Waals surface area contributed by atoms with Gasteiger partial charge in [-0.25, -0.2) is 4.98 Å². The summed E-state index contributed by atoms with van der Waals surface area (Å²) < 4.78 is 0. The molecule has 16 amide bonds. The lowest BCUT2D eigenvalue weighted by Crippen LogP contribution is -2.61. The van der Waals surface area contributed by atoms with Gasteiger partial charge in [0.05, 0.1) is 38.2 Å². The molecular formula is C92H128N24O18S. The summed E-state index contributed by atoms with van der Waals surface area (Å²) in [6, 6.07) is 3.24. The van der Waals surface area contributed by atoms with Crippen LogP contribution < -0.4 is 70.4 Å². The molecule has 7 aromatic rings. The van der Waals surface area contributed by atoms with Crippen molar-refractivity contribution in [1.82, 2.24) is 103 Å². The van der Waals surface area contributed by atoms with E-state index in [-0.39, 0.29) is 89.6 Å². The van der Waals surface area contributed by atoms with Crippen LogP contribution in [-0.2, 0) is 107 Å². The van der Waals surface area contributed by atoms with Crippen molar-refractivity contribution in [2.75, 3.05) is 72.5 Å². The van der Waals surface area contributed by atoms with Crippen molar-refractivity contribution in [3.63, 3.8) is 0 Å². The maximum atomic E-state index is 15.7. The third-order valence-corrected chi connectivity index (χ3v) is 25.3. The van der Waals surface area contributed by atoms with Gasteiger partial charge < -0.3 is 120 Å². The van der Waals surface area contributed by atoms with Crippen molar-refractivity contribution in [1.29, 1.82) is 5.41 Å². The lowest BCUT2D eigenvalue weighted by Gasteiger charge is -2.36. The number of hydrogen-bond donors (Lipinski definition) is 19. The first-order chi connectivity index (χ1) is 64.4. The summed E-state index contributed by atoms with van der Waals surface area (Å²) in [7, 11) is 5.31. The second-order valence-corrected chi connectivity index (χ2v) is 35.9. The Bertz CT molecular complexity index is 5390. The number of guanidine groups is 1. The highest BCUT2D eigenvalue weighted by atomic mass is 32.2. The van der Waals surface area contributed by atoms with E-state index in [9.17, 15) is 53.1 Å². The number of aromatic amines is 4. The lowest BCUT2D eigenvalue weighted by atomic mass is 9.92. The number of rotatable bonds is 26. The zero-order valence-electron chi connectivity index (χ0n) is 77.6. The molecule has 2 fully saturated rings. The molecule has 22 N–H and O–H groups in total. The van der Waals surface area contributed by atoms with E-state index in [4.69, 9.17) is 22.6 Å². The number of imidazole rings is 1. The minimum absolute atomic E-state index is 0.0000145. The van der Waals surface area contributed by atoms with Crippen LogP contribution in [0, 0.1) is 17.2 Å². The van der Waals surface area contributed by atoms with Crippen LogP contribution in [0.3, 0.4) is 0 Å². The van der Waals surface area contributed by atoms with Crippen LogP contribution in [-0.4, -0.2) is 306 Å². The molecule has 0 radical (unpaired) electrons. The lowest BCUT2D eigenvalue weighted by molar-refractivity contribution is -0.149. The number of ketones is 1.